The van der Waals surface area contributed by atoms with Gasteiger partial charge in [0.1, 0.15) is 12.4 Å². The van der Waals surface area contributed by atoms with Crippen LogP contribution in [0.1, 0.15) is 12.7 Å². The van der Waals surface area contributed by atoms with Crippen molar-refractivity contribution < 1.29 is 9.53 Å². The highest BCUT2D eigenvalue weighted by atomic mass is 35.5. The van der Waals surface area contributed by atoms with Crippen molar-refractivity contribution >= 4 is 57.3 Å². The lowest BCUT2D eigenvalue weighted by atomic mass is 10.2. The molecule has 33 heavy (non-hydrogen) atoms. The van der Waals surface area contributed by atoms with Gasteiger partial charge in [-0.25, -0.2) is 4.98 Å². The standard InChI is InChI=1S/C22H19Cl2N5O2S2/c1-2-29-19(11-31-18-6-4-3-5-16(18)24)27-28-22(29)33-13-20(30)26-21-25-17(12-32-21)14-7-9-15(23)10-8-14/h3-10,12H,2,11,13H2,1H3,(H,25,26,30). The summed E-state index contributed by atoms with van der Waals surface area (Å²) in [6.07, 6.45) is 0. The van der Waals surface area contributed by atoms with Crippen molar-refractivity contribution in [2.75, 3.05) is 11.1 Å². The van der Waals surface area contributed by atoms with Crippen LogP contribution in [0.2, 0.25) is 10.0 Å². The Morgan fingerprint density at radius 3 is 2.70 bits per heavy atom. The molecule has 2 heterocycles. The Kier molecular flexibility index (Phi) is 7.87. The number of nitrogens with one attached hydrogen (secondary N) is 1. The zero-order chi connectivity index (χ0) is 23.2. The number of rotatable bonds is 9. The van der Waals surface area contributed by atoms with Gasteiger partial charge in [-0.2, -0.15) is 0 Å². The second kappa shape index (κ2) is 11.0. The van der Waals surface area contributed by atoms with Crippen LogP contribution in [0.25, 0.3) is 11.3 Å². The topological polar surface area (TPSA) is 81.9 Å². The van der Waals surface area contributed by atoms with Crippen LogP contribution in [0.15, 0.2) is 59.1 Å². The van der Waals surface area contributed by atoms with Crippen molar-refractivity contribution in [1.82, 2.24) is 19.7 Å². The molecule has 0 saturated heterocycles. The number of hydrogen-bond donors (Lipinski definition) is 1. The summed E-state index contributed by atoms with van der Waals surface area (Å²) < 4.78 is 7.68. The number of thioether (sulfide) groups is 1. The Balaban J connectivity index is 1.33. The van der Waals surface area contributed by atoms with E-state index in [1.807, 2.05) is 53.3 Å². The SMILES string of the molecule is CCn1c(COc2ccccc2Cl)nnc1SCC(=O)Nc1nc(-c2ccc(Cl)cc2)cs1. The Morgan fingerprint density at radius 1 is 1.15 bits per heavy atom. The van der Waals surface area contributed by atoms with Gasteiger partial charge in [-0.15, -0.1) is 21.5 Å². The van der Waals surface area contributed by atoms with Crippen LogP contribution in [0.5, 0.6) is 5.75 Å². The lowest BCUT2D eigenvalue weighted by Gasteiger charge is -2.09. The van der Waals surface area contributed by atoms with Gasteiger partial charge in [-0.1, -0.05) is 59.2 Å². The maximum Gasteiger partial charge on any atom is 0.236 e. The minimum absolute atomic E-state index is 0.170. The first kappa shape index (κ1) is 23.6. The number of benzene rings is 2. The van der Waals surface area contributed by atoms with Gasteiger partial charge in [0, 0.05) is 22.5 Å². The smallest absolute Gasteiger partial charge is 0.236 e. The van der Waals surface area contributed by atoms with Crippen LogP contribution in [0, 0.1) is 0 Å². The van der Waals surface area contributed by atoms with E-state index in [2.05, 4.69) is 20.5 Å². The third kappa shape index (κ3) is 6.05. The molecule has 2 aromatic carbocycles. The number of amides is 1. The molecule has 170 valence electrons. The number of aromatic nitrogens is 4. The molecule has 0 radical (unpaired) electrons. The molecule has 2 aromatic heterocycles. The van der Waals surface area contributed by atoms with Gasteiger partial charge in [0.15, 0.2) is 16.1 Å². The van der Waals surface area contributed by atoms with Crippen molar-refractivity contribution in [2.45, 2.75) is 25.2 Å². The third-order valence-corrected chi connectivity index (χ3v) is 6.81. The molecule has 0 aliphatic heterocycles. The number of para-hydroxylation sites is 1. The highest BCUT2D eigenvalue weighted by Crippen LogP contribution is 2.27. The fourth-order valence-electron chi connectivity index (χ4n) is 2.92. The highest BCUT2D eigenvalue weighted by Gasteiger charge is 2.15. The van der Waals surface area contributed by atoms with Crippen LogP contribution in [-0.4, -0.2) is 31.4 Å². The van der Waals surface area contributed by atoms with E-state index in [1.54, 1.807) is 12.1 Å². The van der Waals surface area contributed by atoms with Gasteiger partial charge in [-0.05, 0) is 31.2 Å². The van der Waals surface area contributed by atoms with Crippen LogP contribution in [0.3, 0.4) is 0 Å². The molecule has 4 aromatic rings. The number of halogens is 2. The molecule has 0 saturated carbocycles. The van der Waals surface area contributed by atoms with E-state index in [4.69, 9.17) is 27.9 Å². The minimum atomic E-state index is -0.170. The molecule has 0 unspecified atom stereocenters. The molecule has 0 aliphatic rings. The van der Waals surface area contributed by atoms with Gasteiger partial charge < -0.3 is 14.6 Å². The van der Waals surface area contributed by atoms with Gasteiger partial charge in [0.25, 0.3) is 0 Å². The minimum Gasteiger partial charge on any atom is -0.484 e. The summed E-state index contributed by atoms with van der Waals surface area (Å²) in [5, 5.41) is 15.5. The monoisotopic (exact) mass is 519 g/mol. The zero-order valence-electron chi connectivity index (χ0n) is 17.5. The van der Waals surface area contributed by atoms with Gasteiger partial charge in [0.2, 0.25) is 5.91 Å². The van der Waals surface area contributed by atoms with Gasteiger partial charge in [-0.3, -0.25) is 4.79 Å². The fraction of sp³-hybridized carbons (Fsp3) is 0.182. The first-order chi connectivity index (χ1) is 16.0. The molecular weight excluding hydrogens is 501 g/mol. The number of anilines is 1. The average molecular weight is 520 g/mol. The Morgan fingerprint density at radius 2 is 1.94 bits per heavy atom. The van der Waals surface area contributed by atoms with E-state index in [9.17, 15) is 4.79 Å². The number of nitrogens with zero attached hydrogens (tertiary/aromatic N) is 4. The summed E-state index contributed by atoms with van der Waals surface area (Å²) in [4.78, 5) is 16.9. The van der Waals surface area contributed by atoms with E-state index in [0.29, 0.717) is 38.5 Å². The normalized spacial score (nSPS) is 10.9. The average Bonchev–Trinajstić information content (AvgIpc) is 3.44. The second-order valence-corrected chi connectivity index (χ2v) is 9.39. The Labute approximate surface area is 209 Å². The predicted molar refractivity (Wildman–Crippen MR) is 133 cm³/mol. The summed E-state index contributed by atoms with van der Waals surface area (Å²) in [7, 11) is 0. The van der Waals surface area contributed by atoms with Crippen LogP contribution >= 0.6 is 46.3 Å². The molecule has 0 spiro atoms. The number of carbonyl (C=O) groups excluding carboxylic acids is 1. The first-order valence-electron chi connectivity index (χ1n) is 9.97. The van der Waals surface area contributed by atoms with Gasteiger partial charge in [0.05, 0.1) is 16.5 Å². The van der Waals surface area contributed by atoms with Crippen LogP contribution in [-0.2, 0) is 17.9 Å². The summed E-state index contributed by atoms with van der Waals surface area (Å²) in [6.45, 7) is 2.86. The lowest BCUT2D eigenvalue weighted by molar-refractivity contribution is -0.113. The largest absolute Gasteiger partial charge is 0.484 e. The molecule has 11 heteroatoms. The van der Waals surface area contributed by atoms with Crippen molar-refractivity contribution in [2.24, 2.45) is 0 Å². The van der Waals surface area contributed by atoms with E-state index < -0.39 is 0 Å². The predicted octanol–water partition coefficient (Wildman–Crippen LogP) is 6.04. The van der Waals surface area contributed by atoms with Crippen LogP contribution < -0.4 is 10.1 Å². The molecule has 1 amide bonds. The quantitative estimate of drug-likeness (QED) is 0.271. The Bertz CT molecular complexity index is 1240. The maximum atomic E-state index is 12.5. The van der Waals surface area contributed by atoms with Crippen LogP contribution in [0.4, 0.5) is 5.13 Å². The molecule has 1 N–H and O–H groups in total. The highest BCUT2D eigenvalue weighted by molar-refractivity contribution is 7.99. The van der Waals surface area contributed by atoms with Crippen molar-refractivity contribution in [3.8, 4) is 17.0 Å². The molecule has 0 atom stereocenters. The number of thiazole rings is 1. The molecule has 0 fully saturated rings. The first-order valence-corrected chi connectivity index (χ1v) is 12.6. The summed E-state index contributed by atoms with van der Waals surface area (Å²) in [5.41, 5.74) is 1.72. The lowest BCUT2D eigenvalue weighted by Crippen LogP contribution is -2.14. The van der Waals surface area contributed by atoms with Gasteiger partial charge >= 0.3 is 0 Å². The fourth-order valence-corrected chi connectivity index (χ4v) is 4.80. The number of carbonyl (C=O) groups is 1. The molecule has 7 nitrogen and oxygen atoms in total. The Hall–Kier alpha value is -2.59. The number of ether oxygens (including phenoxy) is 1. The maximum absolute atomic E-state index is 12.5. The van der Waals surface area contributed by atoms with Crippen molar-refractivity contribution in [3.63, 3.8) is 0 Å². The molecule has 0 aliphatic carbocycles. The second-order valence-electron chi connectivity index (χ2n) is 6.74. The van der Waals surface area contributed by atoms with E-state index in [0.717, 1.165) is 11.3 Å². The van der Waals surface area contributed by atoms with Crippen molar-refractivity contribution in [3.05, 3.63) is 69.8 Å². The van der Waals surface area contributed by atoms with E-state index >= 15 is 0 Å². The molecular formula is C22H19Cl2N5O2S2. The number of hydrogen-bond acceptors (Lipinski definition) is 7. The van der Waals surface area contributed by atoms with Crippen molar-refractivity contribution in [1.29, 1.82) is 0 Å². The van der Waals surface area contributed by atoms with E-state index in [-0.39, 0.29) is 18.3 Å². The zero-order valence-corrected chi connectivity index (χ0v) is 20.6. The van der Waals surface area contributed by atoms with E-state index in [1.165, 1.54) is 23.1 Å². The third-order valence-electron chi connectivity index (χ3n) is 4.53. The summed E-state index contributed by atoms with van der Waals surface area (Å²) >= 11 is 14.7. The summed E-state index contributed by atoms with van der Waals surface area (Å²) in [6, 6.07) is 14.7. The molecule has 4 rings (SSSR count). The molecule has 0 bridgehead atoms. The summed E-state index contributed by atoms with van der Waals surface area (Å²) in [5.74, 6) is 1.25.